The molecule has 2 unspecified atom stereocenters. The third-order valence-corrected chi connectivity index (χ3v) is 9.56. The average Bonchev–Trinajstić information content (AvgIpc) is 3.17. The maximum absolute atomic E-state index is 5.23. The van der Waals surface area contributed by atoms with Gasteiger partial charge in [0, 0.05) is 5.56 Å². The molecule has 0 bridgehead atoms. The van der Waals surface area contributed by atoms with E-state index >= 15 is 0 Å². The number of hydrogen-bond donors (Lipinski definition) is 2. The first-order valence-electron chi connectivity index (χ1n) is 16.5. The van der Waals surface area contributed by atoms with Crippen LogP contribution in [0.2, 0.25) is 0 Å². The highest BCUT2D eigenvalue weighted by atomic mass is 15.3. The largest absolute Gasteiger partial charge is 0.350 e. The Bertz CT molecular complexity index is 2450. The molecule has 0 aliphatic carbocycles. The highest BCUT2D eigenvalue weighted by Gasteiger charge is 2.28. The standard InChI is InChI=1S/C45H33N3/c1-3-13-30(14-4-1)31-23-25-34(26-24-31)44-46-43(33-16-5-2-6-17-33)47-45(48-44)40-22-12-11-21-38(40)42-37-20-10-8-18-35(37)29-41-36-19-9-7-15-32(36)27-28-39(41)42/h1-29,44-45,48H,(H,46,47). The fourth-order valence-corrected chi connectivity index (χ4v) is 7.21. The second kappa shape index (κ2) is 12.0. The van der Waals surface area contributed by atoms with Gasteiger partial charge in [-0.1, -0.05) is 170 Å². The van der Waals surface area contributed by atoms with Crippen molar-refractivity contribution in [2.75, 3.05) is 0 Å². The zero-order valence-corrected chi connectivity index (χ0v) is 26.3. The molecular weight excluding hydrogens is 583 g/mol. The van der Waals surface area contributed by atoms with Crippen molar-refractivity contribution >= 4 is 38.2 Å². The van der Waals surface area contributed by atoms with Gasteiger partial charge >= 0.3 is 0 Å². The van der Waals surface area contributed by atoms with E-state index in [2.05, 4.69) is 180 Å². The Kier molecular flexibility index (Phi) is 7.03. The number of fused-ring (bicyclic) bond motifs is 4. The minimum Gasteiger partial charge on any atom is -0.350 e. The highest BCUT2D eigenvalue weighted by molar-refractivity contribution is 6.20. The van der Waals surface area contributed by atoms with Gasteiger partial charge in [0.1, 0.15) is 18.2 Å². The molecule has 0 amide bonds. The Morgan fingerprint density at radius 1 is 0.438 bits per heavy atom. The number of amidine groups is 1. The lowest BCUT2D eigenvalue weighted by Gasteiger charge is -2.33. The van der Waals surface area contributed by atoms with Gasteiger partial charge in [0.15, 0.2) is 0 Å². The summed E-state index contributed by atoms with van der Waals surface area (Å²) in [5.74, 6) is 0.875. The van der Waals surface area contributed by atoms with E-state index in [0.29, 0.717) is 0 Å². The van der Waals surface area contributed by atoms with E-state index in [-0.39, 0.29) is 12.3 Å². The van der Waals surface area contributed by atoms with E-state index in [1.165, 1.54) is 60.1 Å². The van der Waals surface area contributed by atoms with E-state index in [1.54, 1.807) is 0 Å². The summed E-state index contributed by atoms with van der Waals surface area (Å²) in [7, 11) is 0. The summed E-state index contributed by atoms with van der Waals surface area (Å²) < 4.78 is 0. The summed E-state index contributed by atoms with van der Waals surface area (Å²) in [4.78, 5) is 5.23. The highest BCUT2D eigenvalue weighted by Crippen LogP contribution is 2.42. The van der Waals surface area contributed by atoms with E-state index in [4.69, 9.17) is 4.99 Å². The van der Waals surface area contributed by atoms with E-state index in [0.717, 1.165) is 17.0 Å². The van der Waals surface area contributed by atoms with Gasteiger partial charge in [-0.3, -0.25) is 5.32 Å². The van der Waals surface area contributed by atoms with Crippen molar-refractivity contribution in [3.05, 3.63) is 193 Å². The van der Waals surface area contributed by atoms with Crippen LogP contribution in [0, 0.1) is 0 Å². The first kappa shape index (κ1) is 28.2. The molecular formula is C45H33N3. The molecule has 0 spiro atoms. The van der Waals surface area contributed by atoms with E-state index in [9.17, 15) is 0 Å². The molecule has 1 aliphatic heterocycles. The summed E-state index contributed by atoms with van der Waals surface area (Å²) in [6.07, 6.45) is -0.431. The minimum absolute atomic E-state index is 0.192. The Morgan fingerprint density at radius 2 is 1.06 bits per heavy atom. The quantitative estimate of drug-likeness (QED) is 0.149. The zero-order chi connectivity index (χ0) is 31.9. The summed E-state index contributed by atoms with van der Waals surface area (Å²) in [5.41, 5.74) is 8.21. The molecule has 0 aromatic heterocycles. The predicted molar refractivity (Wildman–Crippen MR) is 201 cm³/mol. The van der Waals surface area contributed by atoms with Crippen LogP contribution in [-0.4, -0.2) is 5.84 Å². The van der Waals surface area contributed by atoms with Crippen molar-refractivity contribution in [3.8, 4) is 22.3 Å². The number of benzene rings is 8. The van der Waals surface area contributed by atoms with Crippen molar-refractivity contribution in [2.45, 2.75) is 12.3 Å². The van der Waals surface area contributed by atoms with Gasteiger partial charge in [-0.15, -0.1) is 0 Å². The molecule has 1 heterocycles. The second-order valence-electron chi connectivity index (χ2n) is 12.4. The molecule has 48 heavy (non-hydrogen) atoms. The normalized spacial score (nSPS) is 16.1. The Balaban J connectivity index is 1.20. The van der Waals surface area contributed by atoms with Gasteiger partial charge < -0.3 is 5.32 Å². The van der Waals surface area contributed by atoms with Crippen LogP contribution < -0.4 is 10.6 Å². The Morgan fingerprint density at radius 3 is 1.85 bits per heavy atom. The van der Waals surface area contributed by atoms with Crippen LogP contribution in [0.3, 0.4) is 0 Å². The van der Waals surface area contributed by atoms with Crippen LogP contribution in [0.4, 0.5) is 0 Å². The van der Waals surface area contributed by atoms with Crippen molar-refractivity contribution in [1.82, 2.24) is 10.6 Å². The molecule has 2 atom stereocenters. The number of nitrogens with one attached hydrogen (secondary N) is 2. The van der Waals surface area contributed by atoms with Crippen molar-refractivity contribution < 1.29 is 0 Å². The van der Waals surface area contributed by atoms with E-state index in [1.807, 2.05) is 6.07 Å². The minimum atomic E-state index is -0.238. The first-order chi connectivity index (χ1) is 23.8. The van der Waals surface area contributed by atoms with Crippen LogP contribution >= 0.6 is 0 Å². The van der Waals surface area contributed by atoms with Crippen LogP contribution in [-0.2, 0) is 0 Å². The van der Waals surface area contributed by atoms with Gasteiger partial charge in [-0.2, -0.15) is 0 Å². The lowest BCUT2D eigenvalue weighted by Crippen LogP contribution is -2.45. The second-order valence-corrected chi connectivity index (χ2v) is 12.4. The molecule has 228 valence electrons. The Hall–Kier alpha value is -6.03. The van der Waals surface area contributed by atoms with E-state index < -0.39 is 0 Å². The van der Waals surface area contributed by atoms with Crippen molar-refractivity contribution in [2.24, 2.45) is 4.99 Å². The number of hydrogen-bond acceptors (Lipinski definition) is 3. The molecule has 0 saturated carbocycles. The maximum atomic E-state index is 5.23. The van der Waals surface area contributed by atoms with Gasteiger partial charge in [0.05, 0.1) is 0 Å². The van der Waals surface area contributed by atoms with Crippen LogP contribution in [0.25, 0.3) is 54.6 Å². The summed E-state index contributed by atoms with van der Waals surface area (Å²) in [5, 5.41) is 15.2. The van der Waals surface area contributed by atoms with Crippen molar-refractivity contribution in [1.29, 1.82) is 0 Å². The smallest absolute Gasteiger partial charge is 0.131 e. The third-order valence-electron chi connectivity index (χ3n) is 9.56. The molecule has 9 rings (SSSR count). The first-order valence-corrected chi connectivity index (χ1v) is 16.5. The summed E-state index contributed by atoms with van der Waals surface area (Å²) in [6, 6.07) is 62.9. The SMILES string of the molecule is c1ccc(C2=NC(c3ccc(-c4ccccc4)cc3)NC(c3ccccc3-c3c4ccccc4cc4c3ccc3ccccc34)N2)cc1. The fraction of sp³-hybridized carbons (Fsp3) is 0.0444. The molecule has 1 aliphatic rings. The molecule has 3 heteroatoms. The lowest BCUT2D eigenvalue weighted by atomic mass is 9.87. The lowest BCUT2D eigenvalue weighted by molar-refractivity contribution is 0.409. The number of aliphatic imine (C=N–C) groups is 1. The van der Waals surface area contributed by atoms with Gasteiger partial charge in [-0.05, 0) is 71.8 Å². The third kappa shape index (κ3) is 5.02. The zero-order valence-electron chi connectivity index (χ0n) is 26.3. The fourth-order valence-electron chi connectivity index (χ4n) is 7.21. The summed E-state index contributed by atoms with van der Waals surface area (Å²) in [6.45, 7) is 0. The van der Waals surface area contributed by atoms with Crippen LogP contribution in [0.1, 0.15) is 29.0 Å². The van der Waals surface area contributed by atoms with Gasteiger partial charge in [-0.25, -0.2) is 4.99 Å². The van der Waals surface area contributed by atoms with Gasteiger partial charge in [0.2, 0.25) is 0 Å². The molecule has 8 aromatic carbocycles. The average molecular weight is 616 g/mol. The molecule has 0 fully saturated rings. The topological polar surface area (TPSA) is 36.4 Å². The van der Waals surface area contributed by atoms with Crippen molar-refractivity contribution in [3.63, 3.8) is 0 Å². The molecule has 2 N–H and O–H groups in total. The molecule has 0 radical (unpaired) electrons. The monoisotopic (exact) mass is 615 g/mol. The Labute approximate surface area is 280 Å². The molecule has 8 aromatic rings. The summed E-state index contributed by atoms with van der Waals surface area (Å²) >= 11 is 0. The molecule has 3 nitrogen and oxygen atoms in total. The molecule has 0 saturated heterocycles. The van der Waals surface area contributed by atoms with Gasteiger partial charge in [0.25, 0.3) is 0 Å². The van der Waals surface area contributed by atoms with Crippen LogP contribution in [0.5, 0.6) is 0 Å². The number of rotatable bonds is 5. The number of nitrogens with zero attached hydrogens (tertiary/aromatic N) is 1. The maximum Gasteiger partial charge on any atom is 0.131 e. The predicted octanol–water partition coefficient (Wildman–Crippen LogP) is 10.8. The van der Waals surface area contributed by atoms with Crippen LogP contribution in [0.15, 0.2) is 181 Å².